The van der Waals surface area contributed by atoms with Crippen molar-refractivity contribution in [1.29, 1.82) is 0 Å². The lowest BCUT2D eigenvalue weighted by Gasteiger charge is -2.11. The van der Waals surface area contributed by atoms with Gasteiger partial charge in [0, 0.05) is 0 Å². The monoisotopic (exact) mass is 200 g/mol. The van der Waals surface area contributed by atoms with Crippen LogP contribution in [0.25, 0.3) is 0 Å². The van der Waals surface area contributed by atoms with Crippen LogP contribution in [-0.2, 0) is 19.1 Å². The van der Waals surface area contributed by atoms with E-state index in [1.807, 2.05) is 6.92 Å². The third kappa shape index (κ3) is 2.72. The Bertz CT molecular complexity index is 224. The van der Waals surface area contributed by atoms with Gasteiger partial charge < -0.3 is 9.47 Å². The molecular weight excluding hydrogens is 184 g/mol. The van der Waals surface area contributed by atoms with Crippen molar-refractivity contribution in [2.75, 3.05) is 6.61 Å². The van der Waals surface area contributed by atoms with Crippen LogP contribution in [0.15, 0.2) is 0 Å². The van der Waals surface area contributed by atoms with Crippen molar-refractivity contribution in [2.24, 2.45) is 5.92 Å². The van der Waals surface area contributed by atoms with Gasteiger partial charge in [-0.3, -0.25) is 9.59 Å². The summed E-state index contributed by atoms with van der Waals surface area (Å²) in [5, 5.41) is 0. The summed E-state index contributed by atoms with van der Waals surface area (Å²) in [6.07, 6.45) is 1.67. The minimum Gasteiger partial charge on any atom is -0.465 e. The first-order chi connectivity index (χ1) is 6.65. The highest BCUT2D eigenvalue weighted by atomic mass is 16.6. The number of hydrogen-bond acceptors (Lipinski definition) is 4. The van der Waals surface area contributed by atoms with Gasteiger partial charge in [0.25, 0.3) is 0 Å². The molecule has 1 aliphatic rings. The summed E-state index contributed by atoms with van der Waals surface area (Å²) in [5.41, 5.74) is 0. The second-order valence-electron chi connectivity index (χ2n) is 3.53. The third-order valence-electron chi connectivity index (χ3n) is 2.32. The first-order valence-electron chi connectivity index (χ1n) is 5.01. The van der Waals surface area contributed by atoms with Crippen molar-refractivity contribution >= 4 is 11.9 Å². The van der Waals surface area contributed by atoms with Gasteiger partial charge in [-0.25, -0.2) is 0 Å². The number of hydrogen-bond donors (Lipinski definition) is 0. The molecule has 0 N–H and O–H groups in total. The van der Waals surface area contributed by atoms with Gasteiger partial charge in [0.05, 0.1) is 13.0 Å². The molecule has 0 unspecified atom stereocenters. The molecule has 0 aromatic rings. The molecule has 0 aliphatic carbocycles. The Kier molecular flexibility index (Phi) is 3.92. The lowest BCUT2D eigenvalue weighted by Crippen LogP contribution is -2.24. The third-order valence-corrected chi connectivity index (χ3v) is 2.32. The summed E-state index contributed by atoms with van der Waals surface area (Å²) in [4.78, 5) is 22.3. The molecule has 0 spiro atoms. The summed E-state index contributed by atoms with van der Waals surface area (Å²) in [7, 11) is 0. The van der Waals surface area contributed by atoms with E-state index in [0.29, 0.717) is 6.61 Å². The highest BCUT2D eigenvalue weighted by molar-refractivity contribution is 5.83. The molecule has 1 rings (SSSR count). The molecule has 0 saturated carbocycles. The SMILES string of the molecule is CCCCOC(=O)[C@H]1CC(=O)O[C@@H]1C. The average molecular weight is 200 g/mol. The molecule has 4 heteroatoms. The standard InChI is InChI=1S/C10H16O4/c1-3-4-5-13-10(12)8-6-9(11)14-7(8)2/h7-8H,3-6H2,1-2H3/t7-,8+/m1/s1. The average Bonchev–Trinajstić information content (AvgIpc) is 2.45. The highest BCUT2D eigenvalue weighted by Gasteiger charge is 2.37. The molecule has 1 aliphatic heterocycles. The maximum absolute atomic E-state index is 11.4. The summed E-state index contributed by atoms with van der Waals surface area (Å²) < 4.78 is 9.88. The zero-order valence-corrected chi connectivity index (χ0v) is 8.62. The van der Waals surface area contributed by atoms with Gasteiger partial charge in [-0.1, -0.05) is 13.3 Å². The van der Waals surface area contributed by atoms with Crippen LogP contribution in [0.3, 0.4) is 0 Å². The van der Waals surface area contributed by atoms with E-state index < -0.39 is 5.92 Å². The summed E-state index contributed by atoms with van der Waals surface area (Å²) >= 11 is 0. The zero-order valence-electron chi connectivity index (χ0n) is 8.62. The van der Waals surface area contributed by atoms with Crippen LogP contribution < -0.4 is 0 Å². The summed E-state index contributed by atoms with van der Waals surface area (Å²) in [6.45, 7) is 4.18. The van der Waals surface area contributed by atoms with Crippen LogP contribution in [0.4, 0.5) is 0 Å². The van der Waals surface area contributed by atoms with E-state index in [0.717, 1.165) is 12.8 Å². The molecule has 4 nitrogen and oxygen atoms in total. The van der Waals surface area contributed by atoms with Gasteiger partial charge in [0.15, 0.2) is 0 Å². The number of cyclic esters (lactones) is 1. The molecular formula is C10H16O4. The molecule has 1 fully saturated rings. The normalized spacial score (nSPS) is 26.0. The number of ether oxygens (including phenoxy) is 2. The van der Waals surface area contributed by atoms with Gasteiger partial charge in [-0.05, 0) is 13.3 Å². The highest BCUT2D eigenvalue weighted by Crippen LogP contribution is 2.22. The second kappa shape index (κ2) is 4.98. The van der Waals surface area contributed by atoms with Crippen LogP contribution in [0.5, 0.6) is 0 Å². The molecule has 80 valence electrons. The van der Waals surface area contributed by atoms with Gasteiger partial charge in [-0.15, -0.1) is 0 Å². The predicted molar refractivity (Wildman–Crippen MR) is 49.5 cm³/mol. The minimum absolute atomic E-state index is 0.159. The number of unbranched alkanes of at least 4 members (excludes halogenated alkanes) is 1. The van der Waals surface area contributed by atoms with Crippen molar-refractivity contribution in [3.8, 4) is 0 Å². The molecule has 2 atom stereocenters. The Morgan fingerprint density at radius 3 is 2.86 bits per heavy atom. The fraction of sp³-hybridized carbons (Fsp3) is 0.800. The Morgan fingerprint density at radius 2 is 2.36 bits per heavy atom. The van der Waals surface area contributed by atoms with Crippen molar-refractivity contribution in [3.05, 3.63) is 0 Å². The van der Waals surface area contributed by atoms with E-state index in [4.69, 9.17) is 9.47 Å². The molecule has 0 radical (unpaired) electrons. The van der Waals surface area contributed by atoms with E-state index in [1.54, 1.807) is 6.92 Å². The maximum Gasteiger partial charge on any atom is 0.313 e. The van der Waals surface area contributed by atoms with Crippen molar-refractivity contribution in [1.82, 2.24) is 0 Å². The number of carbonyl (C=O) groups excluding carboxylic acids is 2. The fourth-order valence-electron chi connectivity index (χ4n) is 1.38. The van der Waals surface area contributed by atoms with Crippen LogP contribution >= 0.6 is 0 Å². The lowest BCUT2D eigenvalue weighted by molar-refractivity contribution is -0.150. The van der Waals surface area contributed by atoms with Gasteiger partial charge >= 0.3 is 11.9 Å². The summed E-state index contributed by atoms with van der Waals surface area (Å²) in [5.74, 6) is -1.02. The molecule has 0 aromatic carbocycles. The minimum atomic E-state index is -0.403. The number of rotatable bonds is 4. The molecule has 0 bridgehead atoms. The van der Waals surface area contributed by atoms with E-state index in [9.17, 15) is 9.59 Å². The number of esters is 2. The largest absolute Gasteiger partial charge is 0.465 e. The Labute approximate surface area is 83.6 Å². The first kappa shape index (κ1) is 11.0. The molecule has 0 amide bonds. The molecule has 0 aromatic heterocycles. The predicted octanol–water partition coefficient (Wildman–Crippen LogP) is 1.28. The quantitative estimate of drug-likeness (QED) is 0.506. The van der Waals surface area contributed by atoms with Crippen LogP contribution in [-0.4, -0.2) is 24.6 Å². The van der Waals surface area contributed by atoms with Crippen molar-refractivity contribution in [3.63, 3.8) is 0 Å². The fourth-order valence-corrected chi connectivity index (χ4v) is 1.38. The smallest absolute Gasteiger partial charge is 0.313 e. The van der Waals surface area contributed by atoms with Gasteiger partial charge in [0.1, 0.15) is 12.0 Å². The van der Waals surface area contributed by atoms with Crippen molar-refractivity contribution < 1.29 is 19.1 Å². The zero-order chi connectivity index (χ0) is 10.6. The van der Waals surface area contributed by atoms with E-state index in [1.165, 1.54) is 0 Å². The summed E-state index contributed by atoms with van der Waals surface area (Å²) in [6, 6.07) is 0. The van der Waals surface area contributed by atoms with E-state index in [2.05, 4.69) is 0 Å². The Hall–Kier alpha value is -1.06. The molecule has 1 saturated heterocycles. The Balaban J connectivity index is 2.33. The van der Waals surface area contributed by atoms with Gasteiger partial charge in [0.2, 0.25) is 0 Å². The molecule has 14 heavy (non-hydrogen) atoms. The van der Waals surface area contributed by atoms with Gasteiger partial charge in [-0.2, -0.15) is 0 Å². The van der Waals surface area contributed by atoms with Crippen LogP contribution in [0.2, 0.25) is 0 Å². The second-order valence-corrected chi connectivity index (χ2v) is 3.53. The number of carbonyl (C=O) groups is 2. The van der Waals surface area contributed by atoms with Crippen LogP contribution in [0, 0.1) is 5.92 Å². The topological polar surface area (TPSA) is 52.6 Å². The Morgan fingerprint density at radius 1 is 1.64 bits per heavy atom. The van der Waals surface area contributed by atoms with Crippen molar-refractivity contribution in [2.45, 2.75) is 39.2 Å². The van der Waals surface area contributed by atoms with Crippen LogP contribution in [0.1, 0.15) is 33.1 Å². The maximum atomic E-state index is 11.4. The molecule has 1 heterocycles. The first-order valence-corrected chi connectivity index (χ1v) is 5.01. The van der Waals surface area contributed by atoms with E-state index in [-0.39, 0.29) is 24.5 Å². The van der Waals surface area contributed by atoms with E-state index >= 15 is 0 Å². The lowest BCUT2D eigenvalue weighted by atomic mass is 10.0.